The lowest BCUT2D eigenvalue weighted by Gasteiger charge is -2.19. The number of aromatic nitrogens is 1. The van der Waals surface area contributed by atoms with E-state index >= 15 is 0 Å². The summed E-state index contributed by atoms with van der Waals surface area (Å²) < 4.78 is 5.96. The van der Waals surface area contributed by atoms with E-state index in [2.05, 4.69) is 32.0 Å². The van der Waals surface area contributed by atoms with Crippen molar-refractivity contribution in [3.8, 4) is 0 Å². The first-order chi connectivity index (χ1) is 11.8. The lowest BCUT2D eigenvalue weighted by molar-refractivity contribution is -0.117. The second-order valence-electron chi connectivity index (χ2n) is 6.62. The molecular formula is C18H21N3O2S. The number of pyridine rings is 1. The Hall–Kier alpha value is -1.76. The molecule has 2 aromatic heterocycles. The lowest BCUT2D eigenvalue weighted by Crippen LogP contribution is -2.26. The van der Waals surface area contributed by atoms with Crippen molar-refractivity contribution in [2.45, 2.75) is 19.1 Å². The first-order valence-corrected chi connectivity index (χ1v) is 9.27. The molecule has 2 aliphatic heterocycles. The fourth-order valence-corrected chi connectivity index (χ4v) is 4.41. The number of nitrogens with one attached hydrogen (secondary N) is 1. The van der Waals surface area contributed by atoms with Gasteiger partial charge in [0.25, 0.3) is 0 Å². The zero-order chi connectivity index (χ0) is 16.4. The number of rotatable bonds is 5. The molecular weight excluding hydrogens is 322 g/mol. The van der Waals surface area contributed by atoms with Crippen molar-refractivity contribution in [1.29, 1.82) is 0 Å². The fraction of sp³-hybridized carbons (Fsp3) is 0.444. The van der Waals surface area contributed by atoms with E-state index in [1.165, 1.54) is 5.56 Å². The standard InChI is InChI=1S/C18H21N3O2S/c22-18(20-15-2-1-4-19-7-15)6-14-11-23-17-10-21(9-16(14)17)8-13-3-5-24-12-13/h1-5,7,12,14,16-17H,6,8-11H2,(H,20,22)/t14-,16+,17+/m1/s1. The number of carbonyl (C=O) groups excluding carboxylic acids is 1. The van der Waals surface area contributed by atoms with Gasteiger partial charge in [0.15, 0.2) is 0 Å². The molecule has 1 amide bonds. The van der Waals surface area contributed by atoms with Gasteiger partial charge in [0.1, 0.15) is 0 Å². The van der Waals surface area contributed by atoms with Gasteiger partial charge >= 0.3 is 0 Å². The largest absolute Gasteiger partial charge is 0.376 e. The average molecular weight is 343 g/mol. The molecule has 0 bridgehead atoms. The van der Waals surface area contributed by atoms with Crippen molar-refractivity contribution in [3.05, 3.63) is 46.9 Å². The Morgan fingerprint density at radius 1 is 1.42 bits per heavy atom. The number of anilines is 1. The van der Waals surface area contributed by atoms with Crippen LogP contribution in [0.4, 0.5) is 5.69 Å². The number of fused-ring (bicyclic) bond motifs is 1. The predicted octanol–water partition coefficient (Wildman–Crippen LogP) is 2.62. The van der Waals surface area contributed by atoms with Gasteiger partial charge < -0.3 is 10.1 Å². The Balaban J connectivity index is 1.31. The Kier molecular flexibility index (Phi) is 4.60. The number of hydrogen-bond acceptors (Lipinski definition) is 5. The highest BCUT2D eigenvalue weighted by Gasteiger charge is 2.44. The molecule has 6 heteroatoms. The van der Waals surface area contributed by atoms with Crippen molar-refractivity contribution < 1.29 is 9.53 Å². The molecule has 126 valence electrons. The van der Waals surface area contributed by atoms with Gasteiger partial charge in [0.05, 0.1) is 24.6 Å². The molecule has 0 unspecified atom stereocenters. The molecule has 0 radical (unpaired) electrons. The summed E-state index contributed by atoms with van der Waals surface area (Å²) in [6, 6.07) is 5.86. The SMILES string of the molecule is O=C(C[C@@H]1CO[C@H]2CN(Cc3ccsc3)C[C@@H]12)Nc1cccnc1. The number of hydrogen-bond donors (Lipinski definition) is 1. The third-order valence-electron chi connectivity index (χ3n) is 4.89. The highest BCUT2D eigenvalue weighted by Crippen LogP contribution is 2.36. The van der Waals surface area contributed by atoms with Gasteiger partial charge in [-0.15, -0.1) is 0 Å². The number of carbonyl (C=O) groups is 1. The van der Waals surface area contributed by atoms with Gasteiger partial charge in [0, 0.05) is 38.2 Å². The van der Waals surface area contributed by atoms with E-state index in [0.717, 1.165) is 25.3 Å². The summed E-state index contributed by atoms with van der Waals surface area (Å²) in [7, 11) is 0. The molecule has 0 aromatic carbocycles. The molecule has 2 saturated heterocycles. The predicted molar refractivity (Wildman–Crippen MR) is 93.8 cm³/mol. The fourth-order valence-electron chi connectivity index (χ4n) is 3.75. The van der Waals surface area contributed by atoms with Crippen molar-refractivity contribution >= 4 is 22.9 Å². The van der Waals surface area contributed by atoms with Crippen LogP contribution in [0.25, 0.3) is 0 Å². The summed E-state index contributed by atoms with van der Waals surface area (Å²) >= 11 is 1.74. The molecule has 1 N–H and O–H groups in total. The first-order valence-electron chi connectivity index (χ1n) is 8.33. The summed E-state index contributed by atoms with van der Waals surface area (Å²) in [6.07, 6.45) is 4.16. The third-order valence-corrected chi connectivity index (χ3v) is 5.63. The quantitative estimate of drug-likeness (QED) is 0.907. The molecule has 5 nitrogen and oxygen atoms in total. The second-order valence-corrected chi connectivity index (χ2v) is 7.40. The number of thiophene rings is 1. The van der Waals surface area contributed by atoms with Gasteiger partial charge in [-0.2, -0.15) is 11.3 Å². The topological polar surface area (TPSA) is 54.5 Å². The van der Waals surface area contributed by atoms with Crippen LogP contribution in [-0.4, -0.2) is 41.6 Å². The zero-order valence-corrected chi connectivity index (χ0v) is 14.2. The normalized spacial score (nSPS) is 26.4. The average Bonchev–Trinajstić information content (AvgIpc) is 3.28. The van der Waals surface area contributed by atoms with Crippen LogP contribution >= 0.6 is 11.3 Å². The van der Waals surface area contributed by atoms with Crippen molar-refractivity contribution in [3.63, 3.8) is 0 Å². The maximum Gasteiger partial charge on any atom is 0.224 e. The maximum absolute atomic E-state index is 12.3. The highest BCUT2D eigenvalue weighted by molar-refractivity contribution is 7.07. The molecule has 2 aromatic rings. The molecule has 2 fully saturated rings. The van der Waals surface area contributed by atoms with E-state index in [0.29, 0.717) is 24.9 Å². The summed E-state index contributed by atoms with van der Waals surface area (Å²) in [5, 5.41) is 7.25. The zero-order valence-electron chi connectivity index (χ0n) is 13.4. The molecule has 0 aliphatic carbocycles. The van der Waals surface area contributed by atoms with E-state index in [9.17, 15) is 4.79 Å². The van der Waals surface area contributed by atoms with Crippen molar-refractivity contribution in [2.75, 3.05) is 25.0 Å². The third kappa shape index (κ3) is 3.50. The summed E-state index contributed by atoms with van der Waals surface area (Å²) in [6.45, 7) is 3.67. The Labute approximate surface area is 145 Å². The lowest BCUT2D eigenvalue weighted by atomic mass is 9.90. The van der Waals surface area contributed by atoms with Crippen LogP contribution in [0.2, 0.25) is 0 Å². The van der Waals surface area contributed by atoms with E-state index in [-0.39, 0.29) is 12.0 Å². The number of likely N-dealkylation sites (tertiary alicyclic amines) is 1. The van der Waals surface area contributed by atoms with Gasteiger partial charge in [-0.05, 0) is 40.4 Å². The molecule has 3 atom stereocenters. The number of ether oxygens (including phenoxy) is 1. The van der Waals surface area contributed by atoms with Gasteiger partial charge in [-0.3, -0.25) is 14.7 Å². The highest BCUT2D eigenvalue weighted by atomic mass is 32.1. The monoisotopic (exact) mass is 343 g/mol. The summed E-state index contributed by atoms with van der Waals surface area (Å²) in [4.78, 5) is 18.8. The minimum absolute atomic E-state index is 0.0496. The summed E-state index contributed by atoms with van der Waals surface area (Å²) in [5.74, 6) is 0.816. The molecule has 0 saturated carbocycles. The van der Waals surface area contributed by atoms with Crippen LogP contribution in [0, 0.1) is 11.8 Å². The van der Waals surface area contributed by atoms with Crippen molar-refractivity contribution in [1.82, 2.24) is 9.88 Å². The van der Waals surface area contributed by atoms with Crippen LogP contribution < -0.4 is 5.32 Å². The number of amides is 1. The molecule has 0 spiro atoms. The van der Waals surface area contributed by atoms with Gasteiger partial charge in [-0.25, -0.2) is 0 Å². The van der Waals surface area contributed by atoms with E-state index in [4.69, 9.17) is 4.74 Å². The van der Waals surface area contributed by atoms with E-state index in [1.54, 1.807) is 23.7 Å². The van der Waals surface area contributed by atoms with Crippen LogP contribution in [-0.2, 0) is 16.1 Å². The van der Waals surface area contributed by atoms with Crippen LogP contribution in [0.5, 0.6) is 0 Å². The van der Waals surface area contributed by atoms with Gasteiger partial charge in [-0.1, -0.05) is 0 Å². The molecule has 2 aliphatic rings. The Morgan fingerprint density at radius 2 is 2.38 bits per heavy atom. The van der Waals surface area contributed by atoms with Crippen LogP contribution in [0.3, 0.4) is 0 Å². The summed E-state index contributed by atoms with van der Waals surface area (Å²) in [5.41, 5.74) is 2.12. The smallest absolute Gasteiger partial charge is 0.224 e. The Morgan fingerprint density at radius 3 is 3.17 bits per heavy atom. The second kappa shape index (κ2) is 7.01. The van der Waals surface area contributed by atoms with Crippen LogP contribution in [0.1, 0.15) is 12.0 Å². The molecule has 24 heavy (non-hydrogen) atoms. The van der Waals surface area contributed by atoms with Crippen LogP contribution in [0.15, 0.2) is 41.4 Å². The number of nitrogens with zero attached hydrogens (tertiary/aromatic N) is 2. The minimum Gasteiger partial charge on any atom is -0.376 e. The molecule has 4 heterocycles. The first kappa shape index (κ1) is 15.7. The van der Waals surface area contributed by atoms with E-state index in [1.807, 2.05) is 12.1 Å². The minimum atomic E-state index is 0.0496. The Bertz CT molecular complexity index is 677. The van der Waals surface area contributed by atoms with Gasteiger partial charge in [0.2, 0.25) is 5.91 Å². The maximum atomic E-state index is 12.3. The van der Waals surface area contributed by atoms with E-state index < -0.39 is 0 Å². The van der Waals surface area contributed by atoms with Crippen molar-refractivity contribution in [2.24, 2.45) is 11.8 Å². The molecule has 4 rings (SSSR count).